The highest BCUT2D eigenvalue weighted by atomic mass is 16.5. The van der Waals surface area contributed by atoms with E-state index in [4.69, 9.17) is 10.5 Å². The number of carbonyl (C=O) groups is 3. The quantitative estimate of drug-likeness (QED) is 0.568. The fourth-order valence-corrected chi connectivity index (χ4v) is 3.05. The van der Waals surface area contributed by atoms with Crippen molar-refractivity contribution in [2.45, 2.75) is 13.5 Å². The predicted molar refractivity (Wildman–Crippen MR) is 120 cm³/mol. The molecule has 2 aromatic carbocycles. The Morgan fingerprint density at radius 3 is 2.59 bits per heavy atom. The summed E-state index contributed by atoms with van der Waals surface area (Å²) in [5, 5.41) is 2.68. The molecule has 0 bridgehead atoms. The third-order valence-electron chi connectivity index (χ3n) is 4.63. The number of para-hydroxylation sites is 1. The number of primary amides is 1. The van der Waals surface area contributed by atoms with E-state index in [2.05, 4.69) is 10.3 Å². The summed E-state index contributed by atoms with van der Waals surface area (Å²) in [6.07, 6.45) is 1.61. The Labute approximate surface area is 186 Å². The molecular weight excluding hydrogens is 408 g/mol. The van der Waals surface area contributed by atoms with Crippen molar-refractivity contribution in [3.8, 4) is 5.75 Å². The van der Waals surface area contributed by atoms with E-state index in [-0.39, 0.29) is 30.5 Å². The lowest BCUT2D eigenvalue weighted by atomic mass is 10.1. The van der Waals surface area contributed by atoms with Crippen LogP contribution in [0.25, 0.3) is 0 Å². The second-order valence-electron chi connectivity index (χ2n) is 7.28. The molecule has 32 heavy (non-hydrogen) atoms. The maximum absolute atomic E-state index is 12.8. The van der Waals surface area contributed by atoms with Crippen molar-refractivity contribution in [1.82, 2.24) is 9.88 Å². The van der Waals surface area contributed by atoms with Crippen LogP contribution in [0.3, 0.4) is 0 Å². The normalized spacial score (nSPS) is 10.3. The van der Waals surface area contributed by atoms with Crippen LogP contribution in [0.15, 0.2) is 66.9 Å². The number of amides is 3. The van der Waals surface area contributed by atoms with Gasteiger partial charge in [0.1, 0.15) is 18.2 Å². The number of nitrogens with zero attached hydrogens (tertiary/aromatic N) is 2. The maximum atomic E-state index is 12.8. The summed E-state index contributed by atoms with van der Waals surface area (Å²) in [7, 11) is 1.55. The van der Waals surface area contributed by atoms with Crippen LogP contribution in [0.2, 0.25) is 0 Å². The average Bonchev–Trinajstić information content (AvgIpc) is 2.77. The van der Waals surface area contributed by atoms with Crippen molar-refractivity contribution < 1.29 is 19.1 Å². The predicted octanol–water partition coefficient (Wildman–Crippen LogP) is 2.78. The lowest BCUT2D eigenvalue weighted by molar-refractivity contribution is -0.116. The summed E-state index contributed by atoms with van der Waals surface area (Å²) in [5.74, 6) is -0.426. The van der Waals surface area contributed by atoms with Gasteiger partial charge in [-0.25, -0.2) is 4.98 Å². The Morgan fingerprint density at radius 1 is 1.06 bits per heavy atom. The number of carbonyl (C=O) groups excluding carboxylic acids is 3. The van der Waals surface area contributed by atoms with Crippen LogP contribution >= 0.6 is 0 Å². The first-order chi connectivity index (χ1) is 15.3. The number of nitrogens with two attached hydrogens (primary N) is 1. The Kier molecular flexibility index (Phi) is 7.17. The molecule has 164 valence electrons. The monoisotopic (exact) mass is 432 g/mol. The molecule has 8 nitrogen and oxygen atoms in total. The number of pyridine rings is 1. The maximum Gasteiger partial charge on any atom is 0.254 e. The standard InChI is InChI=1S/C24H24N4O4/c1-16-10-11-26-21(12-16)27-22(29)14-28(2)24(31)18-7-5-6-17(13-18)15-32-20-9-4-3-8-19(20)23(25)30/h3-13H,14-15H2,1-2H3,(H2,25,30)(H,26,27,29). The molecule has 0 aliphatic rings. The molecular formula is C24H24N4O4. The number of ether oxygens (including phenoxy) is 1. The van der Waals surface area contributed by atoms with Crippen molar-refractivity contribution in [3.63, 3.8) is 0 Å². The van der Waals surface area contributed by atoms with Gasteiger partial charge >= 0.3 is 0 Å². The molecule has 0 aliphatic carbocycles. The van der Waals surface area contributed by atoms with E-state index in [1.807, 2.05) is 13.0 Å². The molecule has 1 aromatic heterocycles. The minimum Gasteiger partial charge on any atom is -0.488 e. The summed E-state index contributed by atoms with van der Waals surface area (Å²) in [6.45, 7) is 1.92. The van der Waals surface area contributed by atoms with E-state index in [9.17, 15) is 14.4 Å². The first kappa shape index (κ1) is 22.5. The molecule has 0 atom stereocenters. The second-order valence-corrected chi connectivity index (χ2v) is 7.28. The number of nitrogens with one attached hydrogen (secondary N) is 1. The van der Waals surface area contributed by atoms with Crippen LogP contribution in [0, 0.1) is 6.92 Å². The average molecular weight is 432 g/mol. The van der Waals surface area contributed by atoms with Gasteiger partial charge in [-0.05, 0) is 54.4 Å². The number of likely N-dealkylation sites (N-methyl/N-ethyl adjacent to an activating group) is 1. The zero-order chi connectivity index (χ0) is 23.1. The van der Waals surface area contributed by atoms with Gasteiger partial charge in [0.15, 0.2) is 0 Å². The molecule has 0 spiro atoms. The van der Waals surface area contributed by atoms with Gasteiger partial charge in [-0.2, -0.15) is 0 Å². The number of rotatable bonds is 8. The molecule has 0 radical (unpaired) electrons. The molecule has 3 N–H and O–H groups in total. The number of anilines is 1. The lowest BCUT2D eigenvalue weighted by Crippen LogP contribution is -2.35. The fraction of sp³-hybridized carbons (Fsp3) is 0.167. The van der Waals surface area contributed by atoms with Crippen LogP contribution < -0.4 is 15.8 Å². The van der Waals surface area contributed by atoms with E-state index < -0.39 is 5.91 Å². The van der Waals surface area contributed by atoms with Gasteiger partial charge in [-0.1, -0.05) is 24.3 Å². The molecule has 3 amide bonds. The van der Waals surface area contributed by atoms with Crippen molar-refractivity contribution in [1.29, 1.82) is 0 Å². The van der Waals surface area contributed by atoms with Crippen LogP contribution in [0.5, 0.6) is 5.75 Å². The Balaban J connectivity index is 1.62. The first-order valence-electron chi connectivity index (χ1n) is 9.92. The van der Waals surface area contributed by atoms with Crippen LogP contribution in [0.1, 0.15) is 31.8 Å². The molecule has 3 aromatic rings. The molecule has 0 aliphatic heterocycles. The highest BCUT2D eigenvalue weighted by Crippen LogP contribution is 2.19. The van der Waals surface area contributed by atoms with Crippen molar-refractivity contribution in [2.75, 3.05) is 18.9 Å². The van der Waals surface area contributed by atoms with E-state index in [1.54, 1.807) is 67.8 Å². The summed E-state index contributed by atoms with van der Waals surface area (Å²) in [6, 6.07) is 17.2. The van der Waals surface area contributed by atoms with Gasteiger partial charge in [0.2, 0.25) is 5.91 Å². The highest BCUT2D eigenvalue weighted by Gasteiger charge is 2.16. The molecule has 1 heterocycles. The lowest BCUT2D eigenvalue weighted by Gasteiger charge is -2.17. The summed E-state index contributed by atoms with van der Waals surface area (Å²) in [5.41, 5.74) is 7.77. The zero-order valence-corrected chi connectivity index (χ0v) is 17.9. The minimum atomic E-state index is -0.578. The Morgan fingerprint density at radius 2 is 1.84 bits per heavy atom. The summed E-state index contributed by atoms with van der Waals surface area (Å²) in [4.78, 5) is 42.0. The van der Waals surface area contributed by atoms with Crippen molar-refractivity contribution in [3.05, 3.63) is 89.1 Å². The number of hydrogen-bond acceptors (Lipinski definition) is 5. The van der Waals surface area contributed by atoms with E-state index in [0.29, 0.717) is 17.1 Å². The smallest absolute Gasteiger partial charge is 0.254 e. The van der Waals surface area contributed by atoms with Crippen LogP contribution in [-0.2, 0) is 11.4 Å². The first-order valence-corrected chi connectivity index (χ1v) is 9.92. The van der Waals surface area contributed by atoms with Gasteiger partial charge in [-0.3, -0.25) is 14.4 Å². The number of aromatic nitrogens is 1. The van der Waals surface area contributed by atoms with E-state index in [0.717, 1.165) is 11.1 Å². The Bertz CT molecular complexity index is 1150. The fourth-order valence-electron chi connectivity index (χ4n) is 3.05. The molecule has 3 rings (SSSR count). The third-order valence-corrected chi connectivity index (χ3v) is 4.63. The number of hydrogen-bond donors (Lipinski definition) is 2. The highest BCUT2D eigenvalue weighted by molar-refractivity contribution is 5.99. The van der Waals surface area contributed by atoms with Gasteiger partial charge in [-0.15, -0.1) is 0 Å². The molecule has 0 saturated carbocycles. The molecule has 0 fully saturated rings. The van der Waals surface area contributed by atoms with Crippen LogP contribution in [-0.4, -0.2) is 41.2 Å². The van der Waals surface area contributed by atoms with Gasteiger partial charge in [0.25, 0.3) is 11.8 Å². The molecule has 8 heteroatoms. The Hall–Kier alpha value is -4.20. The largest absolute Gasteiger partial charge is 0.488 e. The minimum absolute atomic E-state index is 0.124. The summed E-state index contributed by atoms with van der Waals surface area (Å²) >= 11 is 0. The van der Waals surface area contributed by atoms with Gasteiger partial charge in [0, 0.05) is 18.8 Å². The van der Waals surface area contributed by atoms with Gasteiger partial charge < -0.3 is 20.7 Å². The second kappa shape index (κ2) is 10.2. The number of benzene rings is 2. The molecule has 0 unspecified atom stereocenters. The summed E-state index contributed by atoms with van der Waals surface area (Å²) < 4.78 is 5.72. The number of aryl methyl sites for hydroxylation is 1. The van der Waals surface area contributed by atoms with Crippen molar-refractivity contribution in [2.24, 2.45) is 5.73 Å². The van der Waals surface area contributed by atoms with Crippen LogP contribution in [0.4, 0.5) is 5.82 Å². The third kappa shape index (κ3) is 5.91. The van der Waals surface area contributed by atoms with Crippen molar-refractivity contribution >= 4 is 23.5 Å². The molecule has 0 saturated heterocycles. The topological polar surface area (TPSA) is 115 Å². The van der Waals surface area contributed by atoms with E-state index in [1.165, 1.54) is 4.90 Å². The zero-order valence-electron chi connectivity index (χ0n) is 17.9. The van der Waals surface area contributed by atoms with Gasteiger partial charge in [0.05, 0.1) is 12.1 Å². The SMILES string of the molecule is Cc1ccnc(NC(=O)CN(C)C(=O)c2cccc(COc3ccccc3C(N)=O)c2)c1. The van der Waals surface area contributed by atoms with E-state index >= 15 is 0 Å².